The second-order valence-electron chi connectivity index (χ2n) is 7.30. The molecule has 2 heterocycles. The van der Waals surface area contributed by atoms with Gasteiger partial charge in [-0.3, -0.25) is 14.3 Å². The molecule has 1 aromatic carbocycles. The number of amides is 1. The lowest BCUT2D eigenvalue weighted by Gasteiger charge is -2.07. The van der Waals surface area contributed by atoms with Crippen LogP contribution in [0.4, 0.5) is 0 Å². The number of aromatic nitrogens is 4. The number of aryl methyl sites for hydroxylation is 2. The van der Waals surface area contributed by atoms with Crippen molar-refractivity contribution < 1.29 is 4.79 Å². The number of hydrogen-bond donors (Lipinski definition) is 1. The average Bonchev–Trinajstić information content (AvgIpc) is 3.46. The Balaban J connectivity index is 1.49. The number of nitrogens with zero attached hydrogens (tertiary/aromatic N) is 4. The van der Waals surface area contributed by atoms with Crippen LogP contribution in [0.1, 0.15) is 40.4 Å². The van der Waals surface area contributed by atoms with Crippen molar-refractivity contribution in [3.63, 3.8) is 0 Å². The summed E-state index contributed by atoms with van der Waals surface area (Å²) in [4.78, 5) is 29.3. The van der Waals surface area contributed by atoms with Crippen molar-refractivity contribution in [2.45, 2.75) is 39.3 Å². The highest BCUT2D eigenvalue weighted by Gasteiger charge is 2.30. The molecule has 4 rings (SSSR count). The molecule has 1 aliphatic rings. The largest absolute Gasteiger partial charge is 0.350 e. The Kier molecular flexibility index (Phi) is 4.81. The Hall–Kier alpha value is -3.22. The maximum absolute atomic E-state index is 12.8. The predicted molar refractivity (Wildman–Crippen MR) is 106 cm³/mol. The number of rotatable bonds is 6. The molecule has 144 valence electrons. The van der Waals surface area contributed by atoms with Crippen LogP contribution in [0.5, 0.6) is 0 Å². The third kappa shape index (κ3) is 3.74. The van der Waals surface area contributed by atoms with Gasteiger partial charge in [0.25, 0.3) is 5.91 Å². The highest BCUT2D eigenvalue weighted by molar-refractivity contribution is 5.94. The van der Waals surface area contributed by atoms with Gasteiger partial charge in [0.15, 0.2) is 5.82 Å². The van der Waals surface area contributed by atoms with E-state index in [1.165, 1.54) is 4.68 Å². The first-order valence-corrected chi connectivity index (χ1v) is 9.49. The molecule has 0 saturated heterocycles. The van der Waals surface area contributed by atoms with Crippen molar-refractivity contribution >= 4 is 5.91 Å². The van der Waals surface area contributed by atoms with Crippen molar-refractivity contribution in [3.05, 3.63) is 69.9 Å². The second kappa shape index (κ2) is 7.42. The van der Waals surface area contributed by atoms with Gasteiger partial charge in [-0.15, -0.1) is 5.10 Å². The molecule has 7 nitrogen and oxygen atoms in total. The van der Waals surface area contributed by atoms with Crippen molar-refractivity contribution in [2.75, 3.05) is 6.54 Å². The number of carbonyl (C=O) groups is 1. The number of hydrogen-bond acceptors (Lipinski definition) is 4. The third-order valence-electron chi connectivity index (χ3n) is 4.80. The zero-order valence-electron chi connectivity index (χ0n) is 16.1. The van der Waals surface area contributed by atoms with Crippen LogP contribution in [0.25, 0.3) is 11.4 Å². The number of carbonyl (C=O) groups excluding carboxylic acids is 1. The summed E-state index contributed by atoms with van der Waals surface area (Å²) in [5, 5.41) is 7.40. The quantitative estimate of drug-likeness (QED) is 0.716. The van der Waals surface area contributed by atoms with Crippen LogP contribution in [-0.4, -0.2) is 31.8 Å². The molecule has 0 atom stereocenters. The van der Waals surface area contributed by atoms with Gasteiger partial charge >= 0.3 is 5.69 Å². The number of pyridine rings is 1. The van der Waals surface area contributed by atoms with Gasteiger partial charge in [0.2, 0.25) is 0 Å². The van der Waals surface area contributed by atoms with E-state index in [9.17, 15) is 9.59 Å². The fourth-order valence-corrected chi connectivity index (χ4v) is 3.40. The SMILES string of the molecule is Cc1cc(C)cc(C(=O)NCCn2nc(-c3cccnc3)n(C3CC3)c2=O)c1. The van der Waals surface area contributed by atoms with Crippen LogP contribution in [0.3, 0.4) is 0 Å². The molecule has 3 aromatic rings. The van der Waals surface area contributed by atoms with E-state index in [1.54, 1.807) is 17.0 Å². The fraction of sp³-hybridized carbons (Fsp3) is 0.333. The summed E-state index contributed by atoms with van der Waals surface area (Å²) in [6, 6.07) is 9.69. The molecule has 0 radical (unpaired) electrons. The molecule has 0 spiro atoms. The van der Waals surface area contributed by atoms with Crippen LogP contribution < -0.4 is 11.0 Å². The molecule has 1 fully saturated rings. The molecular weight excluding hydrogens is 354 g/mol. The first-order chi connectivity index (χ1) is 13.5. The van der Waals surface area contributed by atoms with Gasteiger partial charge in [-0.1, -0.05) is 17.2 Å². The molecule has 0 unspecified atom stereocenters. The van der Waals surface area contributed by atoms with Crippen molar-refractivity contribution in [2.24, 2.45) is 0 Å². The van der Waals surface area contributed by atoms with E-state index in [1.807, 2.05) is 44.2 Å². The predicted octanol–water partition coefficient (Wildman–Crippen LogP) is 2.49. The zero-order valence-corrected chi connectivity index (χ0v) is 16.1. The standard InChI is InChI=1S/C21H23N5O2/c1-14-10-15(2)12-17(11-14)20(27)23-8-9-25-21(28)26(18-5-6-18)19(24-25)16-4-3-7-22-13-16/h3-4,7,10-13,18H,5-6,8-9H2,1-2H3,(H,23,27). The molecule has 7 heteroatoms. The Morgan fingerprint density at radius 2 is 1.96 bits per heavy atom. The number of benzene rings is 1. The molecule has 2 aromatic heterocycles. The average molecular weight is 377 g/mol. The summed E-state index contributed by atoms with van der Waals surface area (Å²) in [5.41, 5.74) is 3.41. The van der Waals surface area contributed by atoms with Crippen molar-refractivity contribution in [1.29, 1.82) is 0 Å². The summed E-state index contributed by atoms with van der Waals surface area (Å²) < 4.78 is 3.19. The Morgan fingerprint density at radius 1 is 1.21 bits per heavy atom. The molecule has 1 saturated carbocycles. The van der Waals surface area contributed by atoms with E-state index >= 15 is 0 Å². The number of nitrogens with one attached hydrogen (secondary N) is 1. The van der Waals surface area contributed by atoms with E-state index in [0.717, 1.165) is 29.5 Å². The smallest absolute Gasteiger partial charge is 0.346 e. The Labute approximate surface area is 163 Å². The van der Waals surface area contributed by atoms with E-state index in [-0.39, 0.29) is 17.6 Å². The van der Waals surface area contributed by atoms with Gasteiger partial charge in [0, 0.05) is 36.1 Å². The lowest BCUT2D eigenvalue weighted by Crippen LogP contribution is -2.32. The molecule has 0 aliphatic heterocycles. The van der Waals surface area contributed by atoms with E-state index in [0.29, 0.717) is 24.5 Å². The van der Waals surface area contributed by atoms with Crippen LogP contribution in [0.2, 0.25) is 0 Å². The minimum absolute atomic E-state index is 0.137. The highest BCUT2D eigenvalue weighted by Crippen LogP contribution is 2.36. The molecular formula is C21H23N5O2. The Bertz CT molecular complexity index is 1040. The summed E-state index contributed by atoms with van der Waals surface area (Å²) in [6.07, 6.45) is 5.39. The van der Waals surface area contributed by atoms with Gasteiger partial charge in [-0.2, -0.15) is 0 Å². The minimum atomic E-state index is -0.144. The summed E-state index contributed by atoms with van der Waals surface area (Å²) in [7, 11) is 0. The first kappa shape index (κ1) is 18.2. The van der Waals surface area contributed by atoms with E-state index < -0.39 is 0 Å². The highest BCUT2D eigenvalue weighted by atomic mass is 16.2. The molecule has 1 aliphatic carbocycles. The van der Waals surface area contributed by atoms with Gasteiger partial charge in [-0.05, 0) is 51.0 Å². The maximum atomic E-state index is 12.8. The van der Waals surface area contributed by atoms with Gasteiger partial charge in [-0.25, -0.2) is 9.48 Å². The summed E-state index contributed by atoms with van der Waals surface area (Å²) in [5.74, 6) is 0.496. The minimum Gasteiger partial charge on any atom is -0.350 e. The molecule has 1 amide bonds. The van der Waals surface area contributed by atoms with Gasteiger partial charge in [0.05, 0.1) is 6.54 Å². The first-order valence-electron chi connectivity index (χ1n) is 9.49. The third-order valence-corrected chi connectivity index (χ3v) is 4.80. The lowest BCUT2D eigenvalue weighted by molar-refractivity contribution is 0.0951. The molecule has 0 bridgehead atoms. The van der Waals surface area contributed by atoms with Crippen LogP contribution in [0.15, 0.2) is 47.5 Å². The van der Waals surface area contributed by atoms with Crippen molar-refractivity contribution in [1.82, 2.24) is 24.6 Å². The normalized spacial score (nSPS) is 13.5. The summed E-state index contributed by atoms with van der Waals surface area (Å²) in [6.45, 7) is 4.59. The molecule has 28 heavy (non-hydrogen) atoms. The lowest BCUT2D eigenvalue weighted by atomic mass is 10.1. The topological polar surface area (TPSA) is 81.8 Å². The van der Waals surface area contributed by atoms with Crippen LogP contribution >= 0.6 is 0 Å². The van der Waals surface area contributed by atoms with Crippen LogP contribution in [-0.2, 0) is 6.54 Å². The van der Waals surface area contributed by atoms with E-state index in [4.69, 9.17) is 0 Å². The fourth-order valence-electron chi connectivity index (χ4n) is 3.40. The Morgan fingerprint density at radius 3 is 2.61 bits per heavy atom. The van der Waals surface area contributed by atoms with Gasteiger partial charge < -0.3 is 5.32 Å². The maximum Gasteiger partial charge on any atom is 0.346 e. The monoisotopic (exact) mass is 377 g/mol. The van der Waals surface area contributed by atoms with Crippen molar-refractivity contribution in [3.8, 4) is 11.4 Å². The summed E-state index contributed by atoms with van der Waals surface area (Å²) >= 11 is 0. The van der Waals surface area contributed by atoms with Crippen LogP contribution in [0, 0.1) is 13.8 Å². The molecule has 1 N–H and O–H groups in total. The van der Waals surface area contributed by atoms with Gasteiger partial charge in [0.1, 0.15) is 0 Å². The second-order valence-corrected chi connectivity index (χ2v) is 7.30. The van der Waals surface area contributed by atoms with E-state index in [2.05, 4.69) is 15.4 Å². The zero-order chi connectivity index (χ0) is 19.7.